The first-order valence-electron chi connectivity index (χ1n) is 5.43. The molecule has 1 aromatic heterocycles. The smallest absolute Gasteiger partial charge is 0.337 e. The van der Waals surface area contributed by atoms with Crippen LogP contribution in [0.5, 0.6) is 0 Å². The van der Waals surface area contributed by atoms with Gasteiger partial charge in [-0.2, -0.15) is 0 Å². The summed E-state index contributed by atoms with van der Waals surface area (Å²) < 4.78 is 5.30. The third-order valence-electron chi connectivity index (χ3n) is 2.74. The fourth-order valence-electron chi connectivity index (χ4n) is 1.91. The Morgan fingerprint density at radius 3 is 2.94 bits per heavy atom. The zero-order valence-electron chi connectivity index (χ0n) is 9.49. The maximum atomic E-state index is 11.1. The number of pyridine rings is 1. The van der Waals surface area contributed by atoms with Crippen LogP contribution in [0.1, 0.15) is 47.1 Å². The van der Waals surface area contributed by atoms with Crippen molar-refractivity contribution in [3.63, 3.8) is 0 Å². The van der Waals surface area contributed by atoms with Gasteiger partial charge in [-0.1, -0.05) is 13.8 Å². The van der Waals surface area contributed by atoms with Gasteiger partial charge in [-0.15, -0.1) is 0 Å². The molecule has 2 rings (SSSR count). The van der Waals surface area contributed by atoms with Crippen molar-refractivity contribution in [3.8, 4) is 0 Å². The van der Waals surface area contributed by atoms with Gasteiger partial charge in [-0.25, -0.2) is 4.79 Å². The molecular formula is C12H15NO3. The number of carboxylic acids is 1. The minimum absolute atomic E-state index is 0.124. The zero-order valence-corrected chi connectivity index (χ0v) is 9.49. The molecule has 0 saturated carbocycles. The van der Waals surface area contributed by atoms with E-state index < -0.39 is 5.97 Å². The van der Waals surface area contributed by atoms with E-state index in [0.29, 0.717) is 24.5 Å². The Kier molecular flexibility index (Phi) is 2.92. The molecular weight excluding hydrogens is 206 g/mol. The predicted molar refractivity (Wildman–Crippen MR) is 58.6 cm³/mol. The lowest BCUT2D eigenvalue weighted by molar-refractivity contribution is 0.0693. The van der Waals surface area contributed by atoms with Crippen LogP contribution in [0.2, 0.25) is 0 Å². The maximum absolute atomic E-state index is 11.1. The molecule has 1 aliphatic heterocycles. The Balaban J connectivity index is 2.54. The third-order valence-corrected chi connectivity index (χ3v) is 2.74. The Morgan fingerprint density at radius 2 is 2.31 bits per heavy atom. The number of rotatable bonds is 2. The molecule has 0 bridgehead atoms. The van der Waals surface area contributed by atoms with Gasteiger partial charge in [0.25, 0.3) is 0 Å². The number of nitrogens with zero attached hydrogens (tertiary/aromatic N) is 1. The van der Waals surface area contributed by atoms with Crippen LogP contribution in [-0.4, -0.2) is 22.7 Å². The van der Waals surface area contributed by atoms with Crippen molar-refractivity contribution in [1.82, 2.24) is 4.98 Å². The molecule has 0 aromatic carbocycles. The van der Waals surface area contributed by atoms with Crippen LogP contribution >= 0.6 is 0 Å². The first kappa shape index (κ1) is 11.1. The molecule has 0 fully saturated rings. The molecule has 16 heavy (non-hydrogen) atoms. The van der Waals surface area contributed by atoms with Crippen molar-refractivity contribution >= 4 is 5.97 Å². The van der Waals surface area contributed by atoms with Crippen molar-refractivity contribution in [2.75, 3.05) is 6.61 Å². The Morgan fingerprint density at radius 1 is 1.56 bits per heavy atom. The lowest BCUT2D eigenvalue weighted by Crippen LogP contribution is -2.17. The fourth-order valence-corrected chi connectivity index (χ4v) is 1.91. The van der Waals surface area contributed by atoms with Gasteiger partial charge in [-0.05, 0) is 12.0 Å². The predicted octanol–water partition coefficient (Wildman–Crippen LogP) is 1.98. The van der Waals surface area contributed by atoms with Crippen molar-refractivity contribution < 1.29 is 14.6 Å². The summed E-state index contributed by atoms with van der Waals surface area (Å²) in [5.74, 6) is -0.788. The second kappa shape index (κ2) is 4.22. The molecule has 0 radical (unpaired) electrons. The molecule has 0 saturated heterocycles. The SMILES string of the molecule is CC(C)c1nc2c(cc1C(=O)O)COCC2. The van der Waals surface area contributed by atoms with Gasteiger partial charge in [0.05, 0.1) is 24.5 Å². The standard InChI is InChI=1S/C12H15NO3/c1-7(2)11-9(12(14)15)5-8-6-16-4-3-10(8)13-11/h5,7H,3-4,6H2,1-2H3,(H,14,15). The number of fused-ring (bicyclic) bond motifs is 1. The minimum Gasteiger partial charge on any atom is -0.478 e. The van der Waals surface area contributed by atoms with Crippen LogP contribution in [0.15, 0.2) is 6.07 Å². The quantitative estimate of drug-likeness (QED) is 0.829. The van der Waals surface area contributed by atoms with E-state index in [-0.39, 0.29) is 5.92 Å². The topological polar surface area (TPSA) is 59.4 Å². The van der Waals surface area contributed by atoms with Crippen molar-refractivity contribution in [1.29, 1.82) is 0 Å². The number of carbonyl (C=O) groups is 1. The molecule has 0 amide bonds. The largest absolute Gasteiger partial charge is 0.478 e. The van der Waals surface area contributed by atoms with E-state index in [1.165, 1.54) is 0 Å². The van der Waals surface area contributed by atoms with Crippen molar-refractivity contribution in [3.05, 3.63) is 28.6 Å². The van der Waals surface area contributed by atoms with Crippen LogP contribution in [0.25, 0.3) is 0 Å². The van der Waals surface area contributed by atoms with E-state index in [4.69, 9.17) is 9.84 Å². The number of hydrogen-bond acceptors (Lipinski definition) is 3. The molecule has 0 aliphatic carbocycles. The molecule has 2 heterocycles. The number of carboxylic acid groups (broad SMARTS) is 1. The first-order valence-corrected chi connectivity index (χ1v) is 5.43. The maximum Gasteiger partial charge on any atom is 0.337 e. The Bertz CT molecular complexity index is 427. The molecule has 0 spiro atoms. The number of aromatic carboxylic acids is 1. The molecule has 4 nitrogen and oxygen atoms in total. The Labute approximate surface area is 94.3 Å². The number of aromatic nitrogens is 1. The van der Waals surface area contributed by atoms with Gasteiger partial charge in [0.1, 0.15) is 0 Å². The molecule has 4 heteroatoms. The van der Waals surface area contributed by atoms with E-state index in [1.807, 2.05) is 13.8 Å². The lowest BCUT2D eigenvalue weighted by Gasteiger charge is -2.19. The summed E-state index contributed by atoms with van der Waals surface area (Å²) in [5.41, 5.74) is 2.88. The average molecular weight is 221 g/mol. The summed E-state index contributed by atoms with van der Waals surface area (Å²) in [6, 6.07) is 1.71. The highest BCUT2D eigenvalue weighted by Gasteiger charge is 2.20. The summed E-state index contributed by atoms with van der Waals surface area (Å²) in [5, 5.41) is 9.14. The van der Waals surface area contributed by atoms with Crippen LogP contribution in [0, 0.1) is 0 Å². The lowest BCUT2D eigenvalue weighted by atomic mass is 9.99. The van der Waals surface area contributed by atoms with E-state index in [9.17, 15) is 4.79 Å². The second-order valence-electron chi connectivity index (χ2n) is 4.29. The normalized spacial score (nSPS) is 14.9. The molecule has 1 aromatic rings. The molecule has 0 atom stereocenters. The first-order chi connectivity index (χ1) is 7.59. The van der Waals surface area contributed by atoms with Gasteiger partial charge < -0.3 is 9.84 Å². The molecule has 1 aliphatic rings. The zero-order chi connectivity index (χ0) is 11.7. The van der Waals surface area contributed by atoms with Crippen LogP contribution < -0.4 is 0 Å². The number of hydrogen-bond donors (Lipinski definition) is 1. The summed E-state index contributed by atoms with van der Waals surface area (Å²) in [6.07, 6.45) is 0.773. The third kappa shape index (κ3) is 1.93. The number of ether oxygens (including phenoxy) is 1. The van der Waals surface area contributed by atoms with Crippen LogP contribution in [0.3, 0.4) is 0 Å². The van der Waals surface area contributed by atoms with Crippen LogP contribution in [-0.2, 0) is 17.8 Å². The van der Waals surface area contributed by atoms with Gasteiger partial charge >= 0.3 is 5.97 Å². The summed E-state index contributed by atoms with van der Waals surface area (Å²) >= 11 is 0. The van der Waals surface area contributed by atoms with Crippen molar-refractivity contribution in [2.24, 2.45) is 0 Å². The summed E-state index contributed by atoms with van der Waals surface area (Å²) in [6.45, 7) is 5.06. The van der Waals surface area contributed by atoms with Gasteiger partial charge in [0, 0.05) is 17.7 Å². The molecule has 1 N–H and O–H groups in total. The van der Waals surface area contributed by atoms with E-state index in [2.05, 4.69) is 4.98 Å². The fraction of sp³-hybridized carbons (Fsp3) is 0.500. The van der Waals surface area contributed by atoms with Crippen molar-refractivity contribution in [2.45, 2.75) is 32.8 Å². The highest BCUT2D eigenvalue weighted by atomic mass is 16.5. The Hall–Kier alpha value is -1.42. The highest BCUT2D eigenvalue weighted by molar-refractivity contribution is 5.89. The van der Waals surface area contributed by atoms with E-state index >= 15 is 0 Å². The monoisotopic (exact) mass is 221 g/mol. The summed E-state index contributed by atoms with van der Waals surface area (Å²) in [7, 11) is 0. The molecule has 86 valence electrons. The van der Waals surface area contributed by atoms with Gasteiger partial charge in [-0.3, -0.25) is 4.98 Å². The highest BCUT2D eigenvalue weighted by Crippen LogP contribution is 2.23. The van der Waals surface area contributed by atoms with Crippen LogP contribution in [0.4, 0.5) is 0 Å². The van der Waals surface area contributed by atoms with Gasteiger partial charge in [0.15, 0.2) is 0 Å². The van der Waals surface area contributed by atoms with E-state index in [0.717, 1.165) is 17.7 Å². The molecule has 0 unspecified atom stereocenters. The summed E-state index contributed by atoms with van der Waals surface area (Å²) in [4.78, 5) is 15.6. The second-order valence-corrected chi connectivity index (χ2v) is 4.29. The van der Waals surface area contributed by atoms with Gasteiger partial charge in [0.2, 0.25) is 0 Å². The van der Waals surface area contributed by atoms with E-state index in [1.54, 1.807) is 6.07 Å². The average Bonchev–Trinajstić information content (AvgIpc) is 2.27. The minimum atomic E-state index is -0.912.